The van der Waals surface area contributed by atoms with Gasteiger partial charge in [-0.1, -0.05) is 17.2 Å². The second-order valence-corrected chi connectivity index (χ2v) is 7.65. The van der Waals surface area contributed by atoms with E-state index in [0.29, 0.717) is 11.9 Å². The Morgan fingerprint density at radius 1 is 1.24 bits per heavy atom. The van der Waals surface area contributed by atoms with Gasteiger partial charge in [-0.3, -0.25) is 0 Å². The van der Waals surface area contributed by atoms with E-state index >= 15 is 0 Å². The highest BCUT2D eigenvalue weighted by Crippen LogP contribution is 2.34. The molecule has 0 amide bonds. The Kier molecular flexibility index (Phi) is 4.48. The molecule has 1 atom stereocenters. The van der Waals surface area contributed by atoms with Gasteiger partial charge in [-0.25, -0.2) is 9.97 Å². The maximum atomic E-state index is 5.57. The monoisotopic (exact) mass is 389 g/mol. The third-order valence-electron chi connectivity index (χ3n) is 5.49. The van der Waals surface area contributed by atoms with E-state index in [1.165, 1.54) is 12.0 Å². The number of anilines is 2. The molecule has 1 aliphatic heterocycles. The molecule has 8 heteroatoms. The quantitative estimate of drug-likeness (QED) is 0.701. The molecule has 8 nitrogen and oxygen atoms in total. The number of piperidine rings is 1. The van der Waals surface area contributed by atoms with E-state index in [1.807, 2.05) is 24.4 Å². The summed E-state index contributed by atoms with van der Waals surface area (Å²) in [6.45, 7) is 2.19. The summed E-state index contributed by atoms with van der Waals surface area (Å²) in [6.07, 6.45) is 7.20. The van der Waals surface area contributed by atoms with Crippen LogP contribution in [0.4, 0.5) is 11.8 Å². The van der Waals surface area contributed by atoms with Crippen molar-refractivity contribution in [2.75, 3.05) is 31.2 Å². The lowest BCUT2D eigenvalue weighted by Crippen LogP contribution is -2.39. The van der Waals surface area contributed by atoms with Gasteiger partial charge in [-0.2, -0.15) is 0 Å². The van der Waals surface area contributed by atoms with Gasteiger partial charge in [-0.05, 0) is 62.2 Å². The van der Waals surface area contributed by atoms with Gasteiger partial charge in [0.15, 0.2) is 5.82 Å². The molecule has 0 radical (unpaired) electrons. The fourth-order valence-electron chi connectivity index (χ4n) is 4.09. The van der Waals surface area contributed by atoms with Crippen LogP contribution >= 0.6 is 0 Å². The number of likely N-dealkylation sites (N-methyl/N-ethyl adjacent to an activating group) is 1. The molecule has 1 saturated heterocycles. The van der Waals surface area contributed by atoms with Crippen LogP contribution in [0.25, 0.3) is 17.0 Å². The zero-order valence-corrected chi connectivity index (χ0v) is 16.3. The fourth-order valence-corrected chi connectivity index (χ4v) is 4.09. The molecule has 1 aliphatic carbocycles. The van der Waals surface area contributed by atoms with Crippen molar-refractivity contribution in [3.63, 3.8) is 0 Å². The Balaban J connectivity index is 1.41. The first-order chi connectivity index (χ1) is 14.2. The Morgan fingerprint density at radius 3 is 3.00 bits per heavy atom. The van der Waals surface area contributed by atoms with Crippen molar-refractivity contribution in [3.05, 3.63) is 53.5 Å². The second kappa shape index (κ2) is 7.29. The minimum absolute atomic E-state index is 0.0618. The lowest BCUT2D eigenvalue weighted by atomic mass is 10.0. The van der Waals surface area contributed by atoms with Gasteiger partial charge in [0, 0.05) is 29.9 Å². The molecule has 5 rings (SSSR count). The molecular weight excluding hydrogens is 366 g/mol. The number of nitrogen functional groups attached to an aromatic ring is 1. The number of nitrogens with one attached hydrogen (secondary N) is 1. The molecular formula is C21H23N7O. The first kappa shape index (κ1) is 17.8. The molecule has 148 valence electrons. The molecule has 2 aromatic heterocycles. The van der Waals surface area contributed by atoms with Gasteiger partial charge >= 0.3 is 6.01 Å². The van der Waals surface area contributed by atoms with E-state index in [4.69, 9.17) is 15.1 Å². The van der Waals surface area contributed by atoms with E-state index < -0.39 is 0 Å². The number of nitrogens with zero attached hydrogens (tertiary/aromatic N) is 5. The number of aromatic nitrogens is 4. The van der Waals surface area contributed by atoms with E-state index in [0.717, 1.165) is 54.3 Å². The molecule has 1 fully saturated rings. The van der Waals surface area contributed by atoms with Crippen LogP contribution in [0.3, 0.4) is 0 Å². The number of fused-ring (bicyclic) bond motifs is 1. The smallest absolute Gasteiger partial charge is 0.313 e. The minimum Gasteiger partial charge on any atom is -0.404 e. The topological polar surface area (TPSA) is 106 Å². The van der Waals surface area contributed by atoms with Crippen molar-refractivity contribution < 1.29 is 4.42 Å². The number of hydrogen-bond acceptors (Lipinski definition) is 8. The van der Waals surface area contributed by atoms with Crippen molar-refractivity contribution in [2.24, 2.45) is 0 Å². The largest absolute Gasteiger partial charge is 0.404 e. The lowest BCUT2D eigenvalue weighted by molar-refractivity contribution is 0.260. The highest BCUT2D eigenvalue weighted by molar-refractivity contribution is 5.84. The number of likely N-dealkylation sites (tertiary alicyclic amines) is 1. The maximum absolute atomic E-state index is 5.57. The van der Waals surface area contributed by atoms with Gasteiger partial charge < -0.3 is 20.4 Å². The van der Waals surface area contributed by atoms with E-state index in [-0.39, 0.29) is 6.01 Å². The summed E-state index contributed by atoms with van der Waals surface area (Å²) in [4.78, 5) is 11.7. The van der Waals surface area contributed by atoms with E-state index in [2.05, 4.69) is 44.6 Å². The number of nitrogens with two attached hydrogens (primary N) is 1. The Hall–Kier alpha value is -3.26. The standard InChI is InChI=1S/C21H23N7O/c1-28-10-2-3-15(12-28)24-18-8-9-23-19(25-18)16-7-6-13-4-5-14(11-17(13)16)20-26-27-21(22)29-20/h4-5,7-9,11,15H,2-3,6,10,12H2,1H3,(H2,22,27)(H,23,24,25). The molecule has 1 unspecified atom stereocenters. The fraction of sp³-hybridized carbons (Fsp3) is 0.333. The molecule has 0 spiro atoms. The van der Waals surface area contributed by atoms with Crippen LogP contribution < -0.4 is 11.1 Å². The summed E-state index contributed by atoms with van der Waals surface area (Å²) in [7, 11) is 2.16. The Morgan fingerprint density at radius 2 is 2.17 bits per heavy atom. The van der Waals surface area contributed by atoms with Crippen LogP contribution in [-0.4, -0.2) is 51.2 Å². The SMILES string of the molecule is CN1CCCC(Nc2ccnc(C3=CCc4ccc(-c5nnc(N)o5)cc43)n2)C1. The van der Waals surface area contributed by atoms with Crippen molar-refractivity contribution in [1.29, 1.82) is 0 Å². The zero-order valence-electron chi connectivity index (χ0n) is 16.3. The Labute approximate surface area is 168 Å². The first-order valence-corrected chi connectivity index (χ1v) is 9.87. The van der Waals surface area contributed by atoms with Crippen LogP contribution in [0.15, 0.2) is 41.0 Å². The average molecular weight is 389 g/mol. The third-order valence-corrected chi connectivity index (χ3v) is 5.49. The highest BCUT2D eigenvalue weighted by atomic mass is 16.4. The van der Waals surface area contributed by atoms with E-state index in [9.17, 15) is 0 Å². The van der Waals surface area contributed by atoms with Crippen molar-refractivity contribution >= 4 is 17.4 Å². The lowest BCUT2D eigenvalue weighted by Gasteiger charge is -2.30. The molecule has 3 heterocycles. The summed E-state index contributed by atoms with van der Waals surface area (Å²) in [5.41, 5.74) is 9.75. The van der Waals surface area contributed by atoms with Crippen molar-refractivity contribution in [1.82, 2.24) is 25.1 Å². The number of hydrogen-bond donors (Lipinski definition) is 2. The van der Waals surface area contributed by atoms with Gasteiger partial charge in [0.25, 0.3) is 0 Å². The second-order valence-electron chi connectivity index (χ2n) is 7.65. The van der Waals surface area contributed by atoms with Gasteiger partial charge in [0.1, 0.15) is 5.82 Å². The predicted molar refractivity (Wildman–Crippen MR) is 111 cm³/mol. The highest BCUT2D eigenvalue weighted by Gasteiger charge is 2.21. The molecule has 3 aromatic rings. The minimum atomic E-state index is 0.0618. The summed E-state index contributed by atoms with van der Waals surface area (Å²) in [5.74, 6) is 2.00. The first-order valence-electron chi connectivity index (χ1n) is 9.87. The van der Waals surface area contributed by atoms with Gasteiger partial charge in [0.2, 0.25) is 5.89 Å². The summed E-state index contributed by atoms with van der Waals surface area (Å²) in [6, 6.07) is 8.50. The number of benzene rings is 1. The molecule has 3 N–H and O–H groups in total. The predicted octanol–water partition coefficient (Wildman–Crippen LogP) is 2.60. The van der Waals surface area contributed by atoms with Crippen molar-refractivity contribution in [3.8, 4) is 11.5 Å². The van der Waals surface area contributed by atoms with Crippen LogP contribution in [0, 0.1) is 0 Å². The maximum Gasteiger partial charge on any atom is 0.313 e. The van der Waals surface area contributed by atoms with E-state index in [1.54, 1.807) is 0 Å². The normalized spacial score (nSPS) is 19.1. The van der Waals surface area contributed by atoms with Crippen LogP contribution in [0.1, 0.15) is 29.8 Å². The number of rotatable bonds is 4. The summed E-state index contributed by atoms with van der Waals surface area (Å²) in [5, 5.41) is 11.3. The van der Waals surface area contributed by atoms with Crippen LogP contribution in [0.5, 0.6) is 0 Å². The zero-order chi connectivity index (χ0) is 19.8. The Bertz CT molecular complexity index is 1070. The van der Waals surface area contributed by atoms with Crippen molar-refractivity contribution in [2.45, 2.75) is 25.3 Å². The molecule has 29 heavy (non-hydrogen) atoms. The molecule has 0 bridgehead atoms. The average Bonchev–Trinajstić information content (AvgIpc) is 3.34. The third kappa shape index (κ3) is 3.58. The van der Waals surface area contributed by atoms with Crippen LogP contribution in [0.2, 0.25) is 0 Å². The number of allylic oxidation sites excluding steroid dienone is 1. The molecule has 2 aliphatic rings. The summed E-state index contributed by atoms with van der Waals surface area (Å²) >= 11 is 0. The molecule has 0 saturated carbocycles. The molecule has 1 aromatic carbocycles. The van der Waals surface area contributed by atoms with Gasteiger partial charge in [-0.15, -0.1) is 5.10 Å². The summed E-state index contributed by atoms with van der Waals surface area (Å²) < 4.78 is 5.37. The van der Waals surface area contributed by atoms with Crippen LogP contribution in [-0.2, 0) is 6.42 Å². The van der Waals surface area contributed by atoms with Gasteiger partial charge in [0.05, 0.1) is 0 Å².